The molecular formula is C54H39N. The smallest absolute Gasteiger partial charge is 0.0468 e. The summed E-state index contributed by atoms with van der Waals surface area (Å²) in [4.78, 5) is 2.38. The lowest BCUT2D eigenvalue weighted by Crippen LogP contribution is -2.22. The molecule has 0 bridgehead atoms. The van der Waals surface area contributed by atoms with Crippen LogP contribution >= 0.6 is 0 Å². The van der Waals surface area contributed by atoms with Gasteiger partial charge >= 0.3 is 0 Å². The highest BCUT2D eigenvalue weighted by atomic mass is 15.1. The number of rotatable bonds is 7. The molecule has 0 aromatic heterocycles. The second kappa shape index (κ2) is 13.5. The first kappa shape index (κ1) is 32.7. The molecule has 55 heavy (non-hydrogen) atoms. The van der Waals surface area contributed by atoms with Crippen LogP contribution < -0.4 is 4.90 Å². The third kappa shape index (κ3) is 5.64. The van der Waals surface area contributed by atoms with Crippen molar-refractivity contribution in [2.75, 3.05) is 4.90 Å². The van der Waals surface area contributed by atoms with Gasteiger partial charge in [-0.15, -0.1) is 0 Å². The van der Waals surface area contributed by atoms with Crippen LogP contribution in [0.1, 0.15) is 23.6 Å². The van der Waals surface area contributed by atoms with Gasteiger partial charge in [0.25, 0.3) is 0 Å². The molecule has 1 aliphatic rings. The zero-order chi connectivity index (χ0) is 36.8. The molecule has 0 saturated carbocycles. The van der Waals surface area contributed by atoms with Crippen molar-refractivity contribution in [3.05, 3.63) is 235 Å². The summed E-state index contributed by atoms with van der Waals surface area (Å²) in [5.41, 5.74) is 17.1. The molecule has 0 saturated heterocycles. The third-order valence-corrected chi connectivity index (χ3v) is 11.5. The molecule has 9 aromatic carbocycles. The minimum atomic E-state index is -0.233. The van der Waals surface area contributed by atoms with E-state index in [1.807, 2.05) is 0 Å². The number of benzene rings is 9. The van der Waals surface area contributed by atoms with Crippen molar-refractivity contribution >= 4 is 27.8 Å². The summed E-state index contributed by atoms with van der Waals surface area (Å²) in [6.45, 7) is 2.38. The maximum absolute atomic E-state index is 2.38. The van der Waals surface area contributed by atoms with Crippen LogP contribution in [0.5, 0.6) is 0 Å². The van der Waals surface area contributed by atoms with Crippen LogP contribution in [0.15, 0.2) is 218 Å². The lowest BCUT2D eigenvalue weighted by molar-refractivity contribution is 0.714. The van der Waals surface area contributed by atoms with Gasteiger partial charge in [-0.05, 0) is 115 Å². The Morgan fingerprint density at radius 2 is 0.855 bits per heavy atom. The molecule has 0 aliphatic heterocycles. The highest BCUT2D eigenvalue weighted by Crippen LogP contribution is 2.55. The van der Waals surface area contributed by atoms with Gasteiger partial charge in [0, 0.05) is 22.5 Å². The maximum Gasteiger partial charge on any atom is 0.0468 e. The first-order chi connectivity index (χ1) is 27.1. The van der Waals surface area contributed by atoms with Crippen molar-refractivity contribution in [3.63, 3.8) is 0 Å². The second-order valence-electron chi connectivity index (χ2n) is 14.7. The lowest BCUT2D eigenvalue weighted by Gasteiger charge is -2.28. The molecule has 1 atom stereocenters. The highest BCUT2D eigenvalue weighted by Gasteiger charge is 2.41. The Morgan fingerprint density at radius 3 is 1.64 bits per heavy atom. The van der Waals surface area contributed by atoms with E-state index in [-0.39, 0.29) is 5.41 Å². The Kier molecular flexibility index (Phi) is 8.00. The fourth-order valence-electron chi connectivity index (χ4n) is 8.73. The zero-order valence-corrected chi connectivity index (χ0v) is 30.7. The lowest BCUT2D eigenvalue weighted by atomic mass is 9.74. The minimum Gasteiger partial charge on any atom is -0.310 e. The van der Waals surface area contributed by atoms with Gasteiger partial charge < -0.3 is 4.90 Å². The van der Waals surface area contributed by atoms with Gasteiger partial charge in [0.1, 0.15) is 0 Å². The van der Waals surface area contributed by atoms with Crippen LogP contribution in [0.4, 0.5) is 17.1 Å². The largest absolute Gasteiger partial charge is 0.310 e. The number of hydrogen-bond donors (Lipinski definition) is 0. The van der Waals surface area contributed by atoms with E-state index >= 15 is 0 Å². The standard InChI is InChI=1S/C54H39N/c1-54(45-19-6-3-7-20-45)51-24-11-10-22-50(51)53-49(23-13-25-52(53)54)42-31-33-46(34-32-42)55(48-35-30-39-16-8-9-17-43(39)37-48)47-21-12-18-44(36-47)41-28-26-40(27-29-41)38-14-4-2-5-15-38/h2-37H,1H3. The maximum atomic E-state index is 2.38. The minimum absolute atomic E-state index is 0.233. The van der Waals surface area contributed by atoms with E-state index in [1.54, 1.807) is 0 Å². The molecule has 0 heterocycles. The van der Waals surface area contributed by atoms with Gasteiger partial charge in [-0.2, -0.15) is 0 Å². The van der Waals surface area contributed by atoms with Gasteiger partial charge in [0.2, 0.25) is 0 Å². The van der Waals surface area contributed by atoms with Crippen molar-refractivity contribution in [1.82, 2.24) is 0 Å². The predicted octanol–water partition coefficient (Wildman–Crippen LogP) is 14.6. The van der Waals surface area contributed by atoms with Crippen LogP contribution in [0.3, 0.4) is 0 Å². The van der Waals surface area contributed by atoms with Crippen molar-refractivity contribution in [2.45, 2.75) is 12.3 Å². The first-order valence-electron chi connectivity index (χ1n) is 19.1. The molecule has 0 N–H and O–H groups in total. The molecule has 1 aliphatic carbocycles. The Hall–Kier alpha value is -6.96. The Labute approximate surface area is 323 Å². The summed E-state index contributed by atoms with van der Waals surface area (Å²) in [7, 11) is 0. The van der Waals surface area contributed by atoms with Gasteiger partial charge in [-0.25, -0.2) is 0 Å². The monoisotopic (exact) mass is 701 g/mol. The van der Waals surface area contributed by atoms with Crippen molar-refractivity contribution < 1.29 is 0 Å². The number of anilines is 3. The normalized spacial score (nSPS) is 14.3. The summed E-state index contributed by atoms with van der Waals surface area (Å²) >= 11 is 0. The average molecular weight is 702 g/mol. The molecule has 9 aromatic rings. The number of fused-ring (bicyclic) bond motifs is 4. The van der Waals surface area contributed by atoms with Crippen molar-refractivity contribution in [2.24, 2.45) is 0 Å². The van der Waals surface area contributed by atoms with Gasteiger partial charge in [0.05, 0.1) is 0 Å². The topological polar surface area (TPSA) is 3.24 Å². The molecule has 0 fully saturated rings. The number of hydrogen-bond acceptors (Lipinski definition) is 1. The molecule has 0 amide bonds. The zero-order valence-electron chi connectivity index (χ0n) is 30.7. The Balaban J connectivity index is 1.07. The van der Waals surface area contributed by atoms with Crippen LogP contribution in [-0.2, 0) is 5.41 Å². The molecule has 260 valence electrons. The summed E-state index contributed by atoms with van der Waals surface area (Å²) in [6.07, 6.45) is 0. The fraction of sp³-hybridized carbons (Fsp3) is 0.0370. The summed E-state index contributed by atoms with van der Waals surface area (Å²) in [5.74, 6) is 0. The van der Waals surface area contributed by atoms with E-state index in [4.69, 9.17) is 0 Å². The van der Waals surface area contributed by atoms with E-state index in [0.29, 0.717) is 0 Å². The predicted molar refractivity (Wildman–Crippen MR) is 232 cm³/mol. The van der Waals surface area contributed by atoms with Crippen LogP contribution in [0, 0.1) is 0 Å². The second-order valence-corrected chi connectivity index (χ2v) is 14.7. The van der Waals surface area contributed by atoms with Crippen LogP contribution in [-0.4, -0.2) is 0 Å². The molecule has 0 spiro atoms. The quantitative estimate of drug-likeness (QED) is 0.160. The van der Waals surface area contributed by atoms with Crippen LogP contribution in [0.2, 0.25) is 0 Å². The number of nitrogens with zero attached hydrogens (tertiary/aromatic N) is 1. The molecule has 1 heteroatoms. The summed E-state index contributed by atoms with van der Waals surface area (Å²) in [6, 6.07) is 79.6. The van der Waals surface area contributed by atoms with E-state index in [1.165, 1.54) is 72.0 Å². The molecule has 1 unspecified atom stereocenters. The summed E-state index contributed by atoms with van der Waals surface area (Å²) < 4.78 is 0. The molecule has 0 radical (unpaired) electrons. The van der Waals surface area contributed by atoms with Crippen molar-refractivity contribution in [1.29, 1.82) is 0 Å². The van der Waals surface area contributed by atoms with E-state index < -0.39 is 0 Å². The Bertz CT molecular complexity index is 2800. The summed E-state index contributed by atoms with van der Waals surface area (Å²) in [5, 5.41) is 2.45. The molecular weight excluding hydrogens is 663 g/mol. The Morgan fingerprint density at radius 1 is 0.327 bits per heavy atom. The highest BCUT2D eigenvalue weighted by molar-refractivity contribution is 5.95. The van der Waals surface area contributed by atoms with E-state index in [2.05, 4.69) is 230 Å². The molecule has 1 nitrogen and oxygen atoms in total. The fourth-order valence-corrected chi connectivity index (χ4v) is 8.73. The average Bonchev–Trinajstić information content (AvgIpc) is 3.53. The van der Waals surface area contributed by atoms with E-state index in [9.17, 15) is 0 Å². The van der Waals surface area contributed by atoms with Crippen LogP contribution in [0.25, 0.3) is 55.3 Å². The van der Waals surface area contributed by atoms with Crippen molar-refractivity contribution in [3.8, 4) is 44.5 Å². The van der Waals surface area contributed by atoms with E-state index in [0.717, 1.165) is 17.1 Å². The SMILES string of the molecule is CC1(c2ccccc2)c2ccccc2-c2c(-c3ccc(N(c4cccc(-c5ccc(-c6ccccc6)cc5)c4)c4ccc5ccccc5c4)cc3)cccc21. The first-order valence-corrected chi connectivity index (χ1v) is 19.1. The third-order valence-electron chi connectivity index (χ3n) is 11.5. The van der Waals surface area contributed by atoms with Gasteiger partial charge in [0.15, 0.2) is 0 Å². The van der Waals surface area contributed by atoms with Gasteiger partial charge in [-0.3, -0.25) is 0 Å². The van der Waals surface area contributed by atoms with Gasteiger partial charge in [-0.1, -0.05) is 182 Å². The molecule has 10 rings (SSSR count).